The van der Waals surface area contributed by atoms with Gasteiger partial charge >= 0.3 is 12.2 Å². The van der Waals surface area contributed by atoms with E-state index < -0.39 is 16.7 Å². The predicted molar refractivity (Wildman–Crippen MR) is 237 cm³/mol. The smallest absolute Gasteiger partial charge is 0.414 e. The minimum atomic E-state index is -0.554. The van der Waals surface area contributed by atoms with Crippen LogP contribution in [0.1, 0.15) is 91.8 Å². The molecule has 0 N–H and O–H groups in total. The molecule has 4 amide bonds. The monoisotopic (exact) mass is 908 g/mol. The Bertz CT molecular complexity index is 2210. The second kappa shape index (κ2) is 18.2. The third-order valence-electron chi connectivity index (χ3n) is 10.1. The van der Waals surface area contributed by atoms with Crippen molar-refractivity contribution in [1.29, 1.82) is 0 Å². The molecule has 11 heteroatoms. The van der Waals surface area contributed by atoms with Crippen LogP contribution in [-0.2, 0) is 28.1 Å². The highest BCUT2D eigenvalue weighted by atomic mass is 127. The summed E-state index contributed by atoms with van der Waals surface area (Å²) in [5.74, 6) is 0.000595. The van der Waals surface area contributed by atoms with Gasteiger partial charge in [0.2, 0.25) is 0 Å². The van der Waals surface area contributed by atoms with E-state index in [1.165, 1.54) is 0 Å². The summed E-state index contributed by atoms with van der Waals surface area (Å²) in [5, 5.41) is 0. The van der Waals surface area contributed by atoms with E-state index in [1.54, 1.807) is 16.0 Å². The molecule has 0 saturated carbocycles. The quantitative estimate of drug-likeness (QED) is 0.179. The molecule has 0 bridgehead atoms. The molecule has 308 valence electrons. The Labute approximate surface area is 361 Å². The lowest BCUT2D eigenvalue weighted by Crippen LogP contribution is -2.47. The van der Waals surface area contributed by atoms with Crippen molar-refractivity contribution in [2.45, 2.75) is 84.2 Å². The van der Waals surface area contributed by atoms with Gasteiger partial charge in [0.05, 0.1) is 17.6 Å². The SMILES string of the molecule is CC(C)(C)OC(=O)N1C=CC2(CC1)c1ccccc1C(=O)N2Cc1ccccc1.CC(C)(C)OC(=O)N1CC=C(N(Cc2ccccc2)C(=O)c2ccccc2I)CC1. The molecule has 7 rings (SSSR count). The number of carbonyl (C=O) groups is 4. The number of fused-ring (bicyclic) bond motifs is 2. The minimum Gasteiger partial charge on any atom is -0.444 e. The van der Waals surface area contributed by atoms with Gasteiger partial charge < -0.3 is 24.2 Å². The first-order valence-corrected chi connectivity index (χ1v) is 21.0. The number of hydrogen-bond acceptors (Lipinski definition) is 6. The van der Waals surface area contributed by atoms with Crippen LogP contribution in [0, 0.1) is 3.57 Å². The number of amides is 4. The number of rotatable bonds is 6. The van der Waals surface area contributed by atoms with Crippen molar-refractivity contribution in [1.82, 2.24) is 19.6 Å². The van der Waals surface area contributed by atoms with Crippen LogP contribution in [0.4, 0.5) is 9.59 Å². The Kier molecular flexibility index (Phi) is 13.3. The second-order valence-corrected chi connectivity index (χ2v) is 18.0. The van der Waals surface area contributed by atoms with Gasteiger partial charge in [-0.25, -0.2) is 9.59 Å². The van der Waals surface area contributed by atoms with Gasteiger partial charge in [0.25, 0.3) is 11.8 Å². The van der Waals surface area contributed by atoms with Crippen molar-refractivity contribution < 1.29 is 28.7 Å². The van der Waals surface area contributed by atoms with E-state index >= 15 is 0 Å². The maximum absolute atomic E-state index is 13.4. The van der Waals surface area contributed by atoms with Crippen LogP contribution in [0.25, 0.3) is 0 Å². The third kappa shape index (κ3) is 10.6. The Hall–Kier alpha value is -5.43. The summed E-state index contributed by atoms with van der Waals surface area (Å²) in [5.41, 5.74) is 3.87. The van der Waals surface area contributed by atoms with Gasteiger partial charge in [-0.1, -0.05) is 91.0 Å². The lowest BCUT2D eigenvalue weighted by molar-refractivity contribution is 0.0250. The second-order valence-electron chi connectivity index (χ2n) is 16.8. The van der Waals surface area contributed by atoms with Gasteiger partial charge in [-0.15, -0.1) is 0 Å². The highest BCUT2D eigenvalue weighted by Gasteiger charge is 2.49. The lowest BCUT2D eigenvalue weighted by Gasteiger charge is -2.41. The molecule has 0 fully saturated rings. The van der Waals surface area contributed by atoms with E-state index in [0.29, 0.717) is 51.1 Å². The summed E-state index contributed by atoms with van der Waals surface area (Å²) in [6, 6.07) is 35.3. The number of carbonyl (C=O) groups excluding carboxylic acids is 4. The topological polar surface area (TPSA) is 99.7 Å². The fourth-order valence-corrected chi connectivity index (χ4v) is 7.95. The molecule has 3 aliphatic heterocycles. The van der Waals surface area contributed by atoms with E-state index in [2.05, 4.69) is 22.6 Å². The van der Waals surface area contributed by atoms with Crippen molar-refractivity contribution >= 4 is 46.6 Å². The molecule has 3 heterocycles. The van der Waals surface area contributed by atoms with E-state index in [1.807, 2.05) is 173 Å². The largest absolute Gasteiger partial charge is 0.444 e. The molecule has 3 aliphatic rings. The number of ether oxygens (including phenoxy) is 2. The Morgan fingerprint density at radius 1 is 0.746 bits per heavy atom. The van der Waals surface area contributed by atoms with Crippen molar-refractivity contribution in [2.24, 2.45) is 0 Å². The minimum absolute atomic E-state index is 0.0270. The van der Waals surface area contributed by atoms with Gasteiger partial charge in [0.15, 0.2) is 0 Å². The van der Waals surface area contributed by atoms with Gasteiger partial charge in [0.1, 0.15) is 11.2 Å². The van der Waals surface area contributed by atoms with E-state index in [-0.39, 0.29) is 24.0 Å². The maximum Gasteiger partial charge on any atom is 0.414 e. The van der Waals surface area contributed by atoms with Crippen LogP contribution in [0.5, 0.6) is 0 Å². The molecule has 1 unspecified atom stereocenters. The van der Waals surface area contributed by atoms with Crippen molar-refractivity contribution in [3.63, 3.8) is 0 Å². The summed E-state index contributed by atoms with van der Waals surface area (Å²) >= 11 is 2.20. The van der Waals surface area contributed by atoms with Crippen molar-refractivity contribution in [3.8, 4) is 0 Å². The van der Waals surface area contributed by atoms with Gasteiger partial charge in [-0.2, -0.15) is 0 Å². The van der Waals surface area contributed by atoms with Crippen LogP contribution in [0.3, 0.4) is 0 Å². The highest BCUT2D eigenvalue weighted by Crippen LogP contribution is 2.45. The summed E-state index contributed by atoms with van der Waals surface area (Å²) < 4.78 is 11.9. The molecule has 59 heavy (non-hydrogen) atoms. The molecule has 4 aromatic rings. The zero-order valence-electron chi connectivity index (χ0n) is 34.7. The molecule has 0 aromatic heterocycles. The number of nitrogens with zero attached hydrogens (tertiary/aromatic N) is 4. The molecule has 1 spiro atoms. The number of hydrogen-bond donors (Lipinski definition) is 0. The van der Waals surface area contributed by atoms with Gasteiger partial charge in [-0.3, -0.25) is 14.5 Å². The first-order valence-electron chi connectivity index (χ1n) is 20.0. The standard InChI is InChI=1S/C24H27IN2O3.C24H26N2O3/c1-24(2,3)30-23(29)26-15-13-19(14-16-26)27(17-18-9-5-4-6-10-18)22(28)20-11-7-8-12-21(20)25;1-23(2,3)29-22(28)25-15-13-24(14-16-25)20-12-8-7-11-19(20)21(27)26(24)17-18-9-5-4-6-10-18/h4-13H,14-17H2,1-3H3;4-13,15H,14,16-17H2,1-3H3. The first kappa shape index (κ1) is 43.2. The lowest BCUT2D eigenvalue weighted by atomic mass is 9.84. The normalized spacial score (nSPS) is 17.4. The van der Waals surface area contributed by atoms with E-state index in [4.69, 9.17) is 9.47 Å². The van der Waals surface area contributed by atoms with Crippen LogP contribution in [-0.4, -0.2) is 74.4 Å². The maximum atomic E-state index is 13.4. The molecule has 4 aromatic carbocycles. The van der Waals surface area contributed by atoms with Crippen LogP contribution >= 0.6 is 22.6 Å². The fourth-order valence-electron chi connectivity index (χ4n) is 7.33. The molecule has 0 aliphatic carbocycles. The summed E-state index contributed by atoms with van der Waals surface area (Å²) in [6.45, 7) is 13.6. The Balaban J connectivity index is 0.000000198. The molecule has 0 radical (unpaired) electrons. The average molecular weight is 909 g/mol. The van der Waals surface area contributed by atoms with Gasteiger partial charge in [0, 0.05) is 53.6 Å². The predicted octanol–water partition coefficient (Wildman–Crippen LogP) is 10.2. The van der Waals surface area contributed by atoms with Crippen LogP contribution < -0.4 is 0 Å². The van der Waals surface area contributed by atoms with Crippen molar-refractivity contribution in [2.75, 3.05) is 19.6 Å². The summed E-state index contributed by atoms with van der Waals surface area (Å²) in [6.07, 6.45) is 6.24. The molecular formula is C48H53IN4O6. The molecular weight excluding hydrogens is 855 g/mol. The first-order chi connectivity index (χ1) is 28.0. The number of benzene rings is 4. The molecule has 10 nitrogen and oxygen atoms in total. The Morgan fingerprint density at radius 2 is 1.34 bits per heavy atom. The van der Waals surface area contributed by atoms with Gasteiger partial charge in [-0.05, 0) is 118 Å². The zero-order valence-corrected chi connectivity index (χ0v) is 36.8. The fraction of sp³-hybridized carbons (Fsp3) is 0.333. The highest BCUT2D eigenvalue weighted by molar-refractivity contribution is 14.1. The molecule has 0 saturated heterocycles. The third-order valence-corrected chi connectivity index (χ3v) is 11.1. The van der Waals surface area contributed by atoms with E-state index in [0.717, 1.165) is 31.5 Å². The van der Waals surface area contributed by atoms with Crippen molar-refractivity contribution in [3.05, 3.63) is 165 Å². The molecule has 1 atom stereocenters. The number of halogens is 1. The summed E-state index contributed by atoms with van der Waals surface area (Å²) in [4.78, 5) is 58.6. The average Bonchev–Trinajstić information content (AvgIpc) is 3.42. The Morgan fingerprint density at radius 3 is 1.93 bits per heavy atom. The zero-order chi connectivity index (χ0) is 42.4. The van der Waals surface area contributed by atoms with Crippen LogP contribution in [0.2, 0.25) is 0 Å². The van der Waals surface area contributed by atoms with Crippen LogP contribution in [0.15, 0.2) is 133 Å². The summed E-state index contributed by atoms with van der Waals surface area (Å²) in [7, 11) is 0. The van der Waals surface area contributed by atoms with E-state index in [9.17, 15) is 19.2 Å².